The second-order valence-corrected chi connectivity index (χ2v) is 5.25. The Morgan fingerprint density at radius 2 is 2.10 bits per heavy atom. The summed E-state index contributed by atoms with van der Waals surface area (Å²) in [4.78, 5) is 11.9. The number of anilines is 1. The van der Waals surface area contributed by atoms with Crippen LogP contribution in [0.2, 0.25) is 0 Å². The number of carbonyl (C=O) groups excluding carboxylic acids is 1. The zero-order valence-corrected chi connectivity index (χ0v) is 12.2. The molecule has 0 aliphatic rings. The first-order valence-electron chi connectivity index (χ1n) is 6.80. The first-order chi connectivity index (χ1) is 9.54. The van der Waals surface area contributed by atoms with Crippen molar-refractivity contribution in [1.82, 2.24) is 9.88 Å². The number of nitrogens with zero attached hydrogens (tertiary/aromatic N) is 1. The summed E-state index contributed by atoms with van der Waals surface area (Å²) in [5.74, 6) is -0.0386. The lowest BCUT2D eigenvalue weighted by atomic mass is 10.1. The van der Waals surface area contributed by atoms with E-state index in [4.69, 9.17) is 0 Å². The largest absolute Gasteiger partial charge is 0.381 e. The summed E-state index contributed by atoms with van der Waals surface area (Å²) >= 11 is 0. The molecule has 0 saturated heterocycles. The summed E-state index contributed by atoms with van der Waals surface area (Å²) in [5, 5.41) is 6.22. The Hall–Kier alpha value is -2.23. The minimum absolute atomic E-state index is 0.0386. The second-order valence-electron chi connectivity index (χ2n) is 5.25. The molecule has 106 valence electrons. The van der Waals surface area contributed by atoms with Crippen LogP contribution >= 0.6 is 0 Å². The highest BCUT2D eigenvalue weighted by atomic mass is 16.1. The molecular weight excluding hydrogens is 250 g/mol. The van der Waals surface area contributed by atoms with Crippen LogP contribution in [0.3, 0.4) is 0 Å². The fourth-order valence-corrected chi connectivity index (χ4v) is 1.99. The number of rotatable bonds is 5. The molecule has 4 heteroatoms. The van der Waals surface area contributed by atoms with Gasteiger partial charge in [-0.3, -0.25) is 4.79 Å². The van der Waals surface area contributed by atoms with Crippen LogP contribution in [0.1, 0.15) is 29.8 Å². The number of amides is 1. The van der Waals surface area contributed by atoms with Crippen LogP contribution in [0.15, 0.2) is 42.7 Å². The highest BCUT2D eigenvalue weighted by molar-refractivity contribution is 5.95. The topological polar surface area (TPSA) is 46.1 Å². The van der Waals surface area contributed by atoms with Gasteiger partial charge in [-0.05, 0) is 43.7 Å². The molecule has 0 atom stereocenters. The van der Waals surface area contributed by atoms with Gasteiger partial charge in [0, 0.05) is 43.3 Å². The zero-order chi connectivity index (χ0) is 14.5. The average Bonchev–Trinajstić information content (AvgIpc) is 2.82. The van der Waals surface area contributed by atoms with Gasteiger partial charge in [-0.1, -0.05) is 6.07 Å². The van der Waals surface area contributed by atoms with E-state index in [-0.39, 0.29) is 11.9 Å². The van der Waals surface area contributed by atoms with E-state index >= 15 is 0 Å². The maximum absolute atomic E-state index is 11.9. The first kappa shape index (κ1) is 14.2. The Bertz CT molecular complexity index is 587. The van der Waals surface area contributed by atoms with Crippen LogP contribution < -0.4 is 10.6 Å². The van der Waals surface area contributed by atoms with Crippen molar-refractivity contribution in [1.29, 1.82) is 0 Å². The van der Waals surface area contributed by atoms with Gasteiger partial charge in [-0.2, -0.15) is 0 Å². The lowest BCUT2D eigenvalue weighted by molar-refractivity contribution is 0.0943. The van der Waals surface area contributed by atoms with Crippen molar-refractivity contribution in [2.75, 3.05) is 5.32 Å². The van der Waals surface area contributed by atoms with Crippen molar-refractivity contribution in [3.05, 3.63) is 53.9 Å². The summed E-state index contributed by atoms with van der Waals surface area (Å²) in [6.45, 7) is 4.65. The molecule has 2 aromatic rings. The summed E-state index contributed by atoms with van der Waals surface area (Å²) in [7, 11) is 2.00. The summed E-state index contributed by atoms with van der Waals surface area (Å²) in [5.41, 5.74) is 2.84. The van der Waals surface area contributed by atoms with Gasteiger partial charge in [0.2, 0.25) is 0 Å². The van der Waals surface area contributed by atoms with E-state index in [0.717, 1.165) is 12.2 Å². The van der Waals surface area contributed by atoms with Gasteiger partial charge in [-0.15, -0.1) is 0 Å². The van der Waals surface area contributed by atoms with Crippen LogP contribution in [0, 0.1) is 0 Å². The number of benzene rings is 1. The van der Waals surface area contributed by atoms with E-state index in [1.807, 2.05) is 55.9 Å². The van der Waals surface area contributed by atoms with Crippen LogP contribution in [0.5, 0.6) is 0 Å². The fourth-order valence-electron chi connectivity index (χ4n) is 1.99. The molecule has 1 aromatic carbocycles. The minimum Gasteiger partial charge on any atom is -0.381 e. The third-order valence-electron chi connectivity index (χ3n) is 2.93. The standard InChI is InChI=1S/C16H21N3O/c1-12(2)18-16(20)14-5-4-6-15(9-14)17-10-13-7-8-19(3)11-13/h4-9,11-12,17H,10H2,1-3H3,(H,18,20). The van der Waals surface area contributed by atoms with Crippen molar-refractivity contribution in [3.8, 4) is 0 Å². The van der Waals surface area contributed by atoms with Crippen LogP contribution in [-0.2, 0) is 13.6 Å². The van der Waals surface area contributed by atoms with Gasteiger partial charge in [-0.25, -0.2) is 0 Å². The summed E-state index contributed by atoms with van der Waals surface area (Å²) < 4.78 is 2.02. The molecule has 0 fully saturated rings. The maximum Gasteiger partial charge on any atom is 0.251 e. The SMILES string of the molecule is CC(C)NC(=O)c1cccc(NCc2ccn(C)c2)c1. The Balaban J connectivity index is 2.00. The smallest absolute Gasteiger partial charge is 0.251 e. The first-order valence-corrected chi connectivity index (χ1v) is 6.80. The predicted octanol–water partition coefficient (Wildman–Crippen LogP) is 2.78. The molecule has 0 aliphatic carbocycles. The minimum atomic E-state index is -0.0386. The van der Waals surface area contributed by atoms with Gasteiger partial charge in [0.1, 0.15) is 0 Å². The Kier molecular flexibility index (Phi) is 4.45. The van der Waals surface area contributed by atoms with E-state index in [1.54, 1.807) is 0 Å². The lowest BCUT2D eigenvalue weighted by Gasteiger charge is -2.10. The highest BCUT2D eigenvalue weighted by Crippen LogP contribution is 2.12. The van der Waals surface area contributed by atoms with E-state index in [2.05, 4.69) is 22.9 Å². The normalized spacial score (nSPS) is 10.6. The maximum atomic E-state index is 11.9. The van der Waals surface area contributed by atoms with Gasteiger partial charge >= 0.3 is 0 Å². The zero-order valence-electron chi connectivity index (χ0n) is 12.2. The lowest BCUT2D eigenvalue weighted by Crippen LogP contribution is -2.30. The molecule has 1 aromatic heterocycles. The van der Waals surface area contributed by atoms with Crippen molar-refractivity contribution in [2.24, 2.45) is 7.05 Å². The molecule has 0 aliphatic heterocycles. The van der Waals surface area contributed by atoms with E-state index in [9.17, 15) is 4.79 Å². The van der Waals surface area contributed by atoms with Gasteiger partial charge in [0.25, 0.3) is 5.91 Å². The van der Waals surface area contributed by atoms with Crippen molar-refractivity contribution >= 4 is 11.6 Å². The molecule has 0 saturated carbocycles. The molecule has 4 nitrogen and oxygen atoms in total. The highest BCUT2D eigenvalue weighted by Gasteiger charge is 2.07. The third kappa shape index (κ3) is 3.88. The monoisotopic (exact) mass is 271 g/mol. The molecule has 0 unspecified atom stereocenters. The second kappa shape index (κ2) is 6.28. The number of aryl methyl sites for hydroxylation is 1. The van der Waals surface area contributed by atoms with Gasteiger partial charge in [0.05, 0.1) is 0 Å². The Morgan fingerprint density at radius 1 is 1.30 bits per heavy atom. The molecule has 0 spiro atoms. The number of hydrogen-bond donors (Lipinski definition) is 2. The average molecular weight is 271 g/mol. The molecule has 2 rings (SSSR count). The molecular formula is C16H21N3O. The van der Waals surface area contributed by atoms with E-state index in [1.165, 1.54) is 5.56 Å². The summed E-state index contributed by atoms with van der Waals surface area (Å²) in [6, 6.07) is 9.77. The number of hydrogen-bond acceptors (Lipinski definition) is 2. The third-order valence-corrected chi connectivity index (χ3v) is 2.93. The van der Waals surface area contributed by atoms with Crippen molar-refractivity contribution < 1.29 is 4.79 Å². The number of aromatic nitrogens is 1. The quantitative estimate of drug-likeness (QED) is 0.878. The molecule has 0 bridgehead atoms. The van der Waals surface area contributed by atoms with Crippen LogP contribution in [0.25, 0.3) is 0 Å². The predicted molar refractivity (Wildman–Crippen MR) is 81.8 cm³/mol. The fraction of sp³-hybridized carbons (Fsp3) is 0.312. The number of carbonyl (C=O) groups is 1. The Morgan fingerprint density at radius 3 is 2.75 bits per heavy atom. The van der Waals surface area contributed by atoms with Crippen molar-refractivity contribution in [2.45, 2.75) is 26.4 Å². The Labute approximate surface area is 119 Å². The molecule has 0 radical (unpaired) electrons. The van der Waals surface area contributed by atoms with Gasteiger partial charge in [0.15, 0.2) is 0 Å². The van der Waals surface area contributed by atoms with Gasteiger partial charge < -0.3 is 15.2 Å². The van der Waals surface area contributed by atoms with E-state index in [0.29, 0.717) is 5.56 Å². The van der Waals surface area contributed by atoms with Crippen molar-refractivity contribution in [3.63, 3.8) is 0 Å². The van der Waals surface area contributed by atoms with Crippen LogP contribution in [-0.4, -0.2) is 16.5 Å². The molecule has 1 heterocycles. The van der Waals surface area contributed by atoms with E-state index < -0.39 is 0 Å². The summed E-state index contributed by atoms with van der Waals surface area (Å²) in [6.07, 6.45) is 4.09. The molecule has 20 heavy (non-hydrogen) atoms. The molecule has 1 amide bonds. The molecule has 2 N–H and O–H groups in total. The number of nitrogens with one attached hydrogen (secondary N) is 2. The van der Waals surface area contributed by atoms with Crippen LogP contribution in [0.4, 0.5) is 5.69 Å².